The summed E-state index contributed by atoms with van der Waals surface area (Å²) in [4.78, 5) is 22.8. The first kappa shape index (κ1) is 15.0. The van der Waals surface area contributed by atoms with E-state index in [2.05, 4.69) is 5.32 Å². The maximum absolute atomic E-state index is 11.5. The average Bonchev–Trinajstić information content (AvgIpc) is 2.38. The van der Waals surface area contributed by atoms with E-state index in [4.69, 9.17) is 5.73 Å². The van der Waals surface area contributed by atoms with Gasteiger partial charge >= 0.3 is 0 Å². The molecule has 3 N–H and O–H groups in total. The zero-order valence-corrected chi connectivity index (χ0v) is 11.3. The number of carbonyl (C=O) groups is 2. The molecule has 19 heavy (non-hydrogen) atoms. The van der Waals surface area contributed by atoms with Gasteiger partial charge in [-0.1, -0.05) is 56.3 Å². The fourth-order valence-corrected chi connectivity index (χ4v) is 1.49. The summed E-state index contributed by atoms with van der Waals surface area (Å²) in [6, 6.07) is 9.07. The Kier molecular flexibility index (Phi) is 5.79. The highest BCUT2D eigenvalue weighted by molar-refractivity contribution is 5.87. The molecule has 0 radical (unpaired) electrons. The molecule has 0 bridgehead atoms. The zero-order chi connectivity index (χ0) is 14.3. The predicted molar refractivity (Wildman–Crippen MR) is 76.1 cm³/mol. The van der Waals surface area contributed by atoms with Gasteiger partial charge in [-0.05, 0) is 12.0 Å². The first-order valence-electron chi connectivity index (χ1n) is 6.32. The lowest BCUT2D eigenvalue weighted by molar-refractivity contribution is -0.129. The molecule has 0 aliphatic carbocycles. The van der Waals surface area contributed by atoms with Gasteiger partial charge in [-0.3, -0.25) is 9.59 Å². The smallest absolute Gasteiger partial charge is 0.240 e. The number of hydrogen-bond donors (Lipinski definition) is 2. The van der Waals surface area contributed by atoms with Gasteiger partial charge in [0.2, 0.25) is 11.8 Å². The largest absolute Gasteiger partial charge is 0.368 e. The second-order valence-electron chi connectivity index (χ2n) is 4.67. The molecule has 0 saturated carbocycles. The number of hydrogen-bond acceptors (Lipinski definition) is 2. The van der Waals surface area contributed by atoms with E-state index >= 15 is 0 Å². The Balaban J connectivity index is 2.58. The Morgan fingerprint density at radius 1 is 1.26 bits per heavy atom. The van der Waals surface area contributed by atoms with Gasteiger partial charge < -0.3 is 11.1 Å². The summed E-state index contributed by atoms with van der Waals surface area (Å²) in [7, 11) is 0. The molecule has 102 valence electrons. The van der Waals surface area contributed by atoms with Crippen molar-refractivity contribution in [3.8, 4) is 0 Å². The monoisotopic (exact) mass is 260 g/mol. The molecule has 4 nitrogen and oxygen atoms in total. The molecule has 0 aliphatic heterocycles. The van der Waals surface area contributed by atoms with Gasteiger partial charge in [0.1, 0.15) is 6.04 Å². The standard InChI is InChI=1S/C15H20N2O2/c1-11(2)15(19)17-13(14(16)18)10-6-9-12-7-4-3-5-8-12/h3-9,11,13H,10H2,1-2H3,(H2,16,18)(H,17,19)/b9-6+/t13-/m1/s1. The molecule has 0 unspecified atom stereocenters. The van der Waals surface area contributed by atoms with E-state index in [0.29, 0.717) is 6.42 Å². The first-order chi connectivity index (χ1) is 9.00. The van der Waals surface area contributed by atoms with Gasteiger partial charge in [-0.15, -0.1) is 0 Å². The lowest BCUT2D eigenvalue weighted by Gasteiger charge is -2.15. The molecule has 1 aromatic carbocycles. The minimum atomic E-state index is -0.658. The van der Waals surface area contributed by atoms with E-state index in [0.717, 1.165) is 5.56 Å². The van der Waals surface area contributed by atoms with Crippen molar-refractivity contribution < 1.29 is 9.59 Å². The third kappa shape index (κ3) is 5.38. The number of carbonyl (C=O) groups excluding carboxylic acids is 2. The highest BCUT2D eigenvalue weighted by Gasteiger charge is 2.17. The lowest BCUT2D eigenvalue weighted by atomic mass is 10.1. The average molecular weight is 260 g/mol. The molecule has 2 amide bonds. The molecule has 0 heterocycles. The molecule has 4 heteroatoms. The van der Waals surface area contributed by atoms with Crippen LogP contribution in [0.1, 0.15) is 25.8 Å². The Bertz CT molecular complexity index is 452. The van der Waals surface area contributed by atoms with Gasteiger partial charge in [0, 0.05) is 5.92 Å². The minimum Gasteiger partial charge on any atom is -0.368 e. The van der Waals surface area contributed by atoms with Crippen LogP contribution in [-0.2, 0) is 9.59 Å². The summed E-state index contributed by atoms with van der Waals surface area (Å²) in [6.45, 7) is 3.54. The number of nitrogens with two attached hydrogens (primary N) is 1. The van der Waals surface area contributed by atoms with E-state index in [-0.39, 0.29) is 11.8 Å². The summed E-state index contributed by atoms with van der Waals surface area (Å²) in [5.41, 5.74) is 6.32. The van der Waals surface area contributed by atoms with Gasteiger partial charge in [-0.25, -0.2) is 0 Å². The van der Waals surface area contributed by atoms with Crippen molar-refractivity contribution in [3.63, 3.8) is 0 Å². The van der Waals surface area contributed by atoms with Crippen molar-refractivity contribution in [1.29, 1.82) is 0 Å². The van der Waals surface area contributed by atoms with E-state index < -0.39 is 11.9 Å². The number of amides is 2. The lowest BCUT2D eigenvalue weighted by Crippen LogP contribution is -2.45. The van der Waals surface area contributed by atoms with Crippen LogP contribution in [-0.4, -0.2) is 17.9 Å². The minimum absolute atomic E-state index is 0.167. The van der Waals surface area contributed by atoms with Crippen LogP contribution in [0.2, 0.25) is 0 Å². The number of primary amides is 1. The summed E-state index contributed by atoms with van der Waals surface area (Å²) in [6.07, 6.45) is 4.13. The van der Waals surface area contributed by atoms with E-state index in [9.17, 15) is 9.59 Å². The molecule has 0 aliphatic rings. The van der Waals surface area contributed by atoms with Crippen LogP contribution in [0.5, 0.6) is 0 Å². The van der Waals surface area contributed by atoms with Crippen molar-refractivity contribution in [2.24, 2.45) is 11.7 Å². The Morgan fingerprint density at radius 2 is 1.89 bits per heavy atom. The van der Waals surface area contributed by atoms with Gasteiger partial charge in [-0.2, -0.15) is 0 Å². The molecule has 0 fully saturated rings. The van der Waals surface area contributed by atoms with Gasteiger partial charge in [0.25, 0.3) is 0 Å². The fourth-order valence-electron chi connectivity index (χ4n) is 1.49. The van der Waals surface area contributed by atoms with Crippen LogP contribution in [0.15, 0.2) is 36.4 Å². The second kappa shape index (κ2) is 7.36. The van der Waals surface area contributed by atoms with Crippen LogP contribution < -0.4 is 11.1 Å². The molecule has 0 saturated heterocycles. The maximum Gasteiger partial charge on any atom is 0.240 e. The summed E-state index contributed by atoms with van der Waals surface area (Å²) in [5, 5.41) is 2.64. The fraction of sp³-hybridized carbons (Fsp3) is 0.333. The predicted octanol–water partition coefficient (Wildman–Crippen LogP) is 1.72. The van der Waals surface area contributed by atoms with Crippen molar-refractivity contribution in [3.05, 3.63) is 42.0 Å². The van der Waals surface area contributed by atoms with Gasteiger partial charge in [0.15, 0.2) is 0 Å². The Hall–Kier alpha value is -2.10. The summed E-state index contributed by atoms with van der Waals surface area (Å²) >= 11 is 0. The van der Waals surface area contributed by atoms with E-state index in [1.807, 2.05) is 42.5 Å². The third-order valence-electron chi connectivity index (χ3n) is 2.67. The van der Waals surface area contributed by atoms with Crippen LogP contribution in [0.25, 0.3) is 6.08 Å². The van der Waals surface area contributed by atoms with Crippen LogP contribution in [0.4, 0.5) is 0 Å². The van der Waals surface area contributed by atoms with Crippen LogP contribution in [0.3, 0.4) is 0 Å². The van der Waals surface area contributed by atoms with Crippen LogP contribution >= 0.6 is 0 Å². The highest BCUT2D eigenvalue weighted by atomic mass is 16.2. The molecule has 0 spiro atoms. The van der Waals surface area contributed by atoms with Crippen molar-refractivity contribution >= 4 is 17.9 Å². The number of benzene rings is 1. The quantitative estimate of drug-likeness (QED) is 0.817. The normalized spacial score (nSPS) is 12.6. The number of rotatable bonds is 6. The molecule has 1 aromatic rings. The van der Waals surface area contributed by atoms with E-state index in [1.165, 1.54) is 0 Å². The molecule has 1 atom stereocenters. The van der Waals surface area contributed by atoms with Crippen molar-refractivity contribution in [1.82, 2.24) is 5.32 Å². The van der Waals surface area contributed by atoms with E-state index in [1.54, 1.807) is 13.8 Å². The SMILES string of the molecule is CC(C)C(=O)N[C@H](C/C=C/c1ccccc1)C(N)=O. The molecule has 1 rings (SSSR count). The third-order valence-corrected chi connectivity index (χ3v) is 2.67. The van der Waals surface area contributed by atoms with Crippen molar-refractivity contribution in [2.45, 2.75) is 26.3 Å². The maximum atomic E-state index is 11.5. The van der Waals surface area contributed by atoms with Crippen molar-refractivity contribution in [2.75, 3.05) is 0 Å². The van der Waals surface area contributed by atoms with Gasteiger partial charge in [0.05, 0.1) is 0 Å². The molecular formula is C15H20N2O2. The summed E-state index contributed by atoms with van der Waals surface area (Å²) in [5.74, 6) is -0.858. The summed E-state index contributed by atoms with van der Waals surface area (Å²) < 4.78 is 0. The topological polar surface area (TPSA) is 72.2 Å². The highest BCUT2D eigenvalue weighted by Crippen LogP contribution is 2.04. The Labute approximate surface area is 113 Å². The van der Waals surface area contributed by atoms with Crippen LogP contribution in [0, 0.1) is 5.92 Å². The molecular weight excluding hydrogens is 240 g/mol. The Morgan fingerprint density at radius 3 is 2.42 bits per heavy atom. The zero-order valence-electron chi connectivity index (χ0n) is 11.3. The number of nitrogens with one attached hydrogen (secondary N) is 1. The second-order valence-corrected chi connectivity index (χ2v) is 4.67. The molecule has 0 aromatic heterocycles. The first-order valence-corrected chi connectivity index (χ1v) is 6.32.